The van der Waals surface area contributed by atoms with Crippen LogP contribution in [0.2, 0.25) is 0 Å². The average Bonchev–Trinajstić information content (AvgIpc) is 2.94. The second-order valence-corrected chi connectivity index (χ2v) is 6.88. The number of likely N-dealkylation sites (N-methyl/N-ethyl adjacent to an activating group) is 1. The van der Waals surface area contributed by atoms with Gasteiger partial charge in [0.2, 0.25) is 0 Å². The quantitative estimate of drug-likeness (QED) is 0.802. The molecule has 1 aliphatic carbocycles. The minimum absolute atomic E-state index is 0.555. The Morgan fingerprint density at radius 2 is 2.17 bits per heavy atom. The zero-order valence-electron chi connectivity index (χ0n) is 13.9. The van der Waals surface area contributed by atoms with E-state index in [1.807, 2.05) is 6.07 Å². The summed E-state index contributed by atoms with van der Waals surface area (Å²) in [6.45, 7) is 3.86. The van der Waals surface area contributed by atoms with Crippen molar-refractivity contribution < 1.29 is 4.52 Å². The molecule has 1 saturated carbocycles. The summed E-state index contributed by atoms with van der Waals surface area (Å²) in [5.74, 6) is 3.82. The fourth-order valence-corrected chi connectivity index (χ4v) is 3.42. The van der Waals surface area contributed by atoms with Gasteiger partial charge in [-0.2, -0.15) is 0 Å². The Kier molecular flexibility index (Phi) is 3.90. The number of aromatic nitrogens is 4. The van der Waals surface area contributed by atoms with Gasteiger partial charge < -0.3 is 9.09 Å². The molecule has 124 valence electrons. The second-order valence-electron chi connectivity index (χ2n) is 6.88. The van der Waals surface area contributed by atoms with Gasteiger partial charge in [0.05, 0.1) is 19.3 Å². The van der Waals surface area contributed by atoms with E-state index in [0.717, 1.165) is 43.6 Å². The van der Waals surface area contributed by atoms with Crippen molar-refractivity contribution in [2.45, 2.75) is 44.3 Å². The number of nitrogens with zero attached hydrogens (tertiary/aromatic N) is 6. The van der Waals surface area contributed by atoms with E-state index in [4.69, 9.17) is 4.52 Å². The third-order valence-electron chi connectivity index (χ3n) is 5.07. The van der Waals surface area contributed by atoms with Gasteiger partial charge in [0.25, 0.3) is 0 Å². The molecule has 0 unspecified atom stereocenters. The van der Waals surface area contributed by atoms with E-state index in [1.54, 1.807) is 6.20 Å². The Labute approximate surface area is 136 Å². The maximum atomic E-state index is 5.21. The van der Waals surface area contributed by atoms with Gasteiger partial charge >= 0.3 is 0 Å². The van der Waals surface area contributed by atoms with Crippen LogP contribution in [0.1, 0.15) is 42.6 Å². The number of hydrogen-bond acceptors (Lipinski definition) is 6. The van der Waals surface area contributed by atoms with Crippen LogP contribution in [0.5, 0.6) is 0 Å². The molecule has 1 atom stereocenters. The van der Waals surface area contributed by atoms with Gasteiger partial charge in [-0.15, -0.1) is 10.2 Å². The normalized spacial score (nSPS) is 22.3. The lowest BCUT2D eigenvalue weighted by molar-refractivity contribution is 0.208. The molecule has 1 saturated heterocycles. The maximum absolute atomic E-state index is 5.21. The van der Waals surface area contributed by atoms with Crippen molar-refractivity contribution in [1.82, 2.24) is 29.7 Å². The Bertz CT molecular complexity index is 648. The molecule has 2 aliphatic rings. The van der Waals surface area contributed by atoms with Gasteiger partial charge in [-0.05, 0) is 26.3 Å². The highest BCUT2D eigenvalue weighted by Crippen LogP contribution is 2.38. The molecule has 0 aromatic carbocycles. The van der Waals surface area contributed by atoms with E-state index in [-0.39, 0.29) is 0 Å². The van der Waals surface area contributed by atoms with E-state index in [9.17, 15) is 0 Å². The van der Waals surface area contributed by atoms with Crippen molar-refractivity contribution in [2.75, 3.05) is 20.1 Å². The molecule has 0 radical (unpaired) electrons. The maximum Gasteiger partial charge on any atom is 0.150 e. The fourth-order valence-electron chi connectivity index (χ4n) is 3.42. The summed E-state index contributed by atoms with van der Waals surface area (Å²) in [6.07, 6.45) is 5.42. The molecule has 3 heterocycles. The largest absolute Gasteiger partial charge is 0.360 e. The summed E-state index contributed by atoms with van der Waals surface area (Å²) >= 11 is 0. The lowest BCUT2D eigenvalue weighted by atomic mass is 10.2. The van der Waals surface area contributed by atoms with Crippen LogP contribution >= 0.6 is 0 Å². The van der Waals surface area contributed by atoms with E-state index >= 15 is 0 Å². The average molecular weight is 316 g/mol. The van der Waals surface area contributed by atoms with Crippen molar-refractivity contribution in [1.29, 1.82) is 0 Å². The molecule has 0 spiro atoms. The first kappa shape index (κ1) is 14.8. The molecule has 4 rings (SSSR count). The molecule has 2 fully saturated rings. The topological polar surface area (TPSA) is 63.2 Å². The van der Waals surface area contributed by atoms with Gasteiger partial charge in [-0.25, -0.2) is 0 Å². The summed E-state index contributed by atoms with van der Waals surface area (Å²) in [7, 11) is 4.29. The van der Waals surface area contributed by atoms with Crippen molar-refractivity contribution in [3.8, 4) is 0 Å². The second kappa shape index (κ2) is 6.05. The van der Waals surface area contributed by atoms with Crippen LogP contribution in [-0.4, -0.2) is 55.9 Å². The Morgan fingerprint density at radius 1 is 1.30 bits per heavy atom. The van der Waals surface area contributed by atoms with E-state index in [1.165, 1.54) is 19.3 Å². The third kappa shape index (κ3) is 3.16. The van der Waals surface area contributed by atoms with Crippen LogP contribution in [0.3, 0.4) is 0 Å². The van der Waals surface area contributed by atoms with Crippen LogP contribution < -0.4 is 0 Å². The summed E-state index contributed by atoms with van der Waals surface area (Å²) in [5, 5.41) is 12.6. The molecular formula is C16H24N6O. The van der Waals surface area contributed by atoms with Crippen molar-refractivity contribution in [2.24, 2.45) is 7.05 Å². The standard InChI is InChI=1S/C16H24N6O/c1-20(11-15-18-19-16(21(15)2)12-3-4-12)13-6-8-22(9-13)10-14-5-7-17-23-14/h5,7,12-13H,3-4,6,8-11H2,1-2H3/t13-/m0/s1. The summed E-state index contributed by atoms with van der Waals surface area (Å²) in [6, 6.07) is 2.50. The first-order valence-electron chi connectivity index (χ1n) is 8.41. The molecule has 0 amide bonds. The van der Waals surface area contributed by atoms with Crippen LogP contribution in [-0.2, 0) is 20.1 Å². The molecule has 23 heavy (non-hydrogen) atoms. The van der Waals surface area contributed by atoms with E-state index in [2.05, 4.69) is 43.8 Å². The van der Waals surface area contributed by atoms with Gasteiger partial charge in [-0.1, -0.05) is 5.16 Å². The summed E-state index contributed by atoms with van der Waals surface area (Å²) in [4.78, 5) is 4.83. The smallest absolute Gasteiger partial charge is 0.150 e. The zero-order chi connectivity index (χ0) is 15.8. The van der Waals surface area contributed by atoms with Crippen molar-refractivity contribution in [3.05, 3.63) is 29.7 Å². The third-order valence-corrected chi connectivity index (χ3v) is 5.07. The SMILES string of the molecule is CN(Cc1nnc(C2CC2)n1C)[C@H]1CCN(Cc2ccno2)C1. The molecule has 1 aliphatic heterocycles. The molecule has 2 aromatic rings. The number of likely N-dealkylation sites (tertiary alicyclic amines) is 1. The van der Waals surface area contributed by atoms with Gasteiger partial charge in [0.1, 0.15) is 11.6 Å². The molecule has 0 N–H and O–H groups in total. The highest BCUT2D eigenvalue weighted by atomic mass is 16.5. The minimum Gasteiger partial charge on any atom is -0.360 e. The molecule has 7 heteroatoms. The zero-order valence-corrected chi connectivity index (χ0v) is 13.9. The van der Waals surface area contributed by atoms with Crippen LogP contribution in [0, 0.1) is 0 Å². The van der Waals surface area contributed by atoms with Crippen LogP contribution in [0.25, 0.3) is 0 Å². The number of rotatable bonds is 6. The van der Waals surface area contributed by atoms with E-state index < -0.39 is 0 Å². The van der Waals surface area contributed by atoms with E-state index in [0.29, 0.717) is 12.0 Å². The first-order chi connectivity index (χ1) is 11.2. The monoisotopic (exact) mass is 316 g/mol. The van der Waals surface area contributed by atoms with Gasteiger partial charge in [0, 0.05) is 38.2 Å². The van der Waals surface area contributed by atoms with Crippen molar-refractivity contribution in [3.63, 3.8) is 0 Å². The lowest BCUT2D eigenvalue weighted by Gasteiger charge is -2.24. The molecule has 0 bridgehead atoms. The first-order valence-corrected chi connectivity index (χ1v) is 8.41. The minimum atomic E-state index is 0.555. The predicted molar refractivity (Wildman–Crippen MR) is 84.6 cm³/mol. The lowest BCUT2D eigenvalue weighted by Crippen LogP contribution is -2.34. The summed E-state index contributed by atoms with van der Waals surface area (Å²) in [5.41, 5.74) is 0. The Hall–Kier alpha value is -1.73. The van der Waals surface area contributed by atoms with Crippen LogP contribution in [0.4, 0.5) is 0 Å². The number of hydrogen-bond donors (Lipinski definition) is 0. The summed E-state index contributed by atoms with van der Waals surface area (Å²) < 4.78 is 7.40. The Morgan fingerprint density at radius 3 is 2.91 bits per heavy atom. The highest BCUT2D eigenvalue weighted by molar-refractivity contribution is 5.08. The van der Waals surface area contributed by atoms with Crippen molar-refractivity contribution >= 4 is 0 Å². The van der Waals surface area contributed by atoms with Gasteiger partial charge in [-0.3, -0.25) is 9.80 Å². The molecule has 2 aromatic heterocycles. The highest BCUT2D eigenvalue weighted by Gasteiger charge is 2.31. The fraction of sp³-hybridized carbons (Fsp3) is 0.688. The molecular weight excluding hydrogens is 292 g/mol. The van der Waals surface area contributed by atoms with Gasteiger partial charge in [0.15, 0.2) is 5.76 Å². The Balaban J connectivity index is 1.33. The predicted octanol–water partition coefficient (Wildman–Crippen LogP) is 1.39. The molecule has 7 nitrogen and oxygen atoms in total. The van der Waals surface area contributed by atoms with Crippen LogP contribution in [0.15, 0.2) is 16.8 Å².